The molecule has 80 valence electrons. The van der Waals surface area contributed by atoms with Crippen molar-refractivity contribution in [1.82, 2.24) is 9.88 Å². The number of benzene rings is 1. The van der Waals surface area contributed by atoms with Crippen LogP contribution in [0.4, 0.5) is 5.82 Å². The lowest BCUT2D eigenvalue weighted by Crippen LogP contribution is -2.37. The summed E-state index contributed by atoms with van der Waals surface area (Å²) in [6.07, 6.45) is 0. The molecule has 3 rings (SSSR count). The van der Waals surface area contributed by atoms with E-state index in [1.165, 1.54) is 0 Å². The highest BCUT2D eigenvalue weighted by atomic mass is 16.2. The summed E-state index contributed by atoms with van der Waals surface area (Å²) >= 11 is 0. The fourth-order valence-corrected chi connectivity index (χ4v) is 1.88. The van der Waals surface area contributed by atoms with Gasteiger partial charge in [0.05, 0.1) is 17.7 Å². The van der Waals surface area contributed by atoms with Gasteiger partial charge in [-0.25, -0.2) is 4.98 Å². The van der Waals surface area contributed by atoms with Gasteiger partial charge in [0.15, 0.2) is 0 Å². The van der Waals surface area contributed by atoms with Crippen molar-refractivity contribution in [3.8, 4) is 0 Å². The van der Waals surface area contributed by atoms with Crippen molar-refractivity contribution in [3.63, 3.8) is 0 Å². The van der Waals surface area contributed by atoms with Crippen LogP contribution in [0.15, 0.2) is 30.3 Å². The third-order valence-electron chi connectivity index (χ3n) is 2.78. The van der Waals surface area contributed by atoms with E-state index >= 15 is 0 Å². The maximum absolute atomic E-state index is 11.9. The maximum Gasteiger partial charge on any atom is 0.258 e. The molecule has 1 aromatic heterocycles. The summed E-state index contributed by atoms with van der Waals surface area (Å²) in [5.41, 5.74) is 1.55. The smallest absolute Gasteiger partial charge is 0.258 e. The molecule has 1 aromatic carbocycles. The molecule has 0 saturated carbocycles. The van der Waals surface area contributed by atoms with Gasteiger partial charge in [-0.3, -0.25) is 4.79 Å². The summed E-state index contributed by atoms with van der Waals surface area (Å²) in [5.74, 6) is 0.703. The van der Waals surface area contributed by atoms with E-state index in [2.05, 4.69) is 10.3 Å². The van der Waals surface area contributed by atoms with Crippen molar-refractivity contribution >= 4 is 22.6 Å². The molecule has 4 heteroatoms. The minimum atomic E-state index is 0.0204. The molecule has 0 aliphatic carbocycles. The van der Waals surface area contributed by atoms with E-state index in [-0.39, 0.29) is 5.91 Å². The summed E-state index contributed by atoms with van der Waals surface area (Å²) in [6.45, 7) is 0.511. The quantitative estimate of drug-likeness (QED) is 0.724. The van der Waals surface area contributed by atoms with Gasteiger partial charge in [0.2, 0.25) is 0 Å². The van der Waals surface area contributed by atoms with Gasteiger partial charge < -0.3 is 10.2 Å². The van der Waals surface area contributed by atoms with E-state index in [9.17, 15) is 4.79 Å². The molecule has 16 heavy (non-hydrogen) atoms. The molecule has 0 spiro atoms. The number of nitrogens with one attached hydrogen (secondary N) is 1. The van der Waals surface area contributed by atoms with Gasteiger partial charge in [-0.1, -0.05) is 18.2 Å². The normalized spacial score (nSPS) is 14.8. The first-order valence-electron chi connectivity index (χ1n) is 5.15. The highest BCUT2D eigenvalue weighted by Gasteiger charge is 2.22. The molecule has 0 fully saturated rings. The Morgan fingerprint density at radius 2 is 2.19 bits per heavy atom. The van der Waals surface area contributed by atoms with Gasteiger partial charge in [0.25, 0.3) is 5.91 Å². The topological polar surface area (TPSA) is 45.2 Å². The number of para-hydroxylation sites is 1. The predicted molar refractivity (Wildman–Crippen MR) is 62.3 cm³/mol. The zero-order valence-corrected chi connectivity index (χ0v) is 8.90. The molecule has 0 unspecified atom stereocenters. The number of pyridine rings is 1. The van der Waals surface area contributed by atoms with Crippen LogP contribution in [0.3, 0.4) is 0 Å². The third kappa shape index (κ3) is 1.23. The zero-order chi connectivity index (χ0) is 11.1. The van der Waals surface area contributed by atoms with Crippen LogP contribution in [0.1, 0.15) is 10.4 Å². The largest absolute Gasteiger partial charge is 0.352 e. The number of carbonyl (C=O) groups excluding carboxylic acids is 1. The number of aromatic nitrogens is 1. The Morgan fingerprint density at radius 1 is 1.38 bits per heavy atom. The van der Waals surface area contributed by atoms with Crippen LogP contribution in [0.2, 0.25) is 0 Å². The zero-order valence-electron chi connectivity index (χ0n) is 8.90. The Balaban J connectivity index is 2.27. The lowest BCUT2D eigenvalue weighted by molar-refractivity contribution is 0.0796. The average molecular weight is 213 g/mol. The summed E-state index contributed by atoms with van der Waals surface area (Å²) in [6, 6.07) is 9.69. The van der Waals surface area contributed by atoms with Crippen molar-refractivity contribution in [2.45, 2.75) is 0 Å². The van der Waals surface area contributed by atoms with E-state index in [0.29, 0.717) is 18.1 Å². The molecule has 0 saturated heterocycles. The van der Waals surface area contributed by atoms with Crippen LogP contribution < -0.4 is 5.32 Å². The summed E-state index contributed by atoms with van der Waals surface area (Å²) in [5, 5.41) is 4.12. The highest BCUT2D eigenvalue weighted by molar-refractivity contribution is 6.03. The number of fused-ring (bicyclic) bond motifs is 2. The Kier molecular flexibility index (Phi) is 1.83. The Bertz CT molecular complexity index is 579. The molecule has 0 atom stereocenters. The van der Waals surface area contributed by atoms with Crippen molar-refractivity contribution in [2.24, 2.45) is 0 Å². The van der Waals surface area contributed by atoms with Gasteiger partial charge in [0.1, 0.15) is 5.82 Å². The fourth-order valence-electron chi connectivity index (χ4n) is 1.88. The number of rotatable bonds is 0. The Morgan fingerprint density at radius 3 is 3.06 bits per heavy atom. The van der Waals surface area contributed by atoms with Crippen molar-refractivity contribution < 1.29 is 4.79 Å². The minimum absolute atomic E-state index is 0.0204. The van der Waals surface area contributed by atoms with E-state index in [1.54, 1.807) is 11.9 Å². The SMILES string of the molecule is CN1CNc2nc3ccccc3cc2C1=O. The van der Waals surface area contributed by atoms with E-state index in [0.717, 1.165) is 10.9 Å². The summed E-state index contributed by atoms with van der Waals surface area (Å²) in [4.78, 5) is 18.0. The van der Waals surface area contributed by atoms with E-state index in [1.807, 2.05) is 30.3 Å². The average Bonchev–Trinajstić information content (AvgIpc) is 2.32. The summed E-state index contributed by atoms with van der Waals surface area (Å²) in [7, 11) is 1.77. The van der Waals surface area contributed by atoms with Crippen LogP contribution in [0.25, 0.3) is 10.9 Å². The molecule has 2 aromatic rings. The second-order valence-electron chi connectivity index (χ2n) is 3.92. The number of anilines is 1. The van der Waals surface area contributed by atoms with E-state index < -0.39 is 0 Å². The molecule has 0 bridgehead atoms. The van der Waals surface area contributed by atoms with Crippen LogP contribution in [-0.4, -0.2) is 29.5 Å². The molecule has 1 amide bonds. The second-order valence-corrected chi connectivity index (χ2v) is 3.92. The highest BCUT2D eigenvalue weighted by Crippen LogP contribution is 2.23. The number of amides is 1. The summed E-state index contributed by atoms with van der Waals surface area (Å²) < 4.78 is 0. The monoisotopic (exact) mass is 213 g/mol. The number of hydrogen-bond acceptors (Lipinski definition) is 3. The van der Waals surface area contributed by atoms with Crippen LogP contribution in [0.5, 0.6) is 0 Å². The maximum atomic E-state index is 11.9. The lowest BCUT2D eigenvalue weighted by atomic mass is 10.1. The van der Waals surface area contributed by atoms with Crippen molar-refractivity contribution in [1.29, 1.82) is 0 Å². The molecule has 2 heterocycles. The number of carbonyl (C=O) groups is 1. The molecule has 4 nitrogen and oxygen atoms in total. The third-order valence-corrected chi connectivity index (χ3v) is 2.78. The first-order chi connectivity index (χ1) is 7.75. The van der Waals surface area contributed by atoms with E-state index in [4.69, 9.17) is 0 Å². The second kappa shape index (κ2) is 3.20. The van der Waals surface area contributed by atoms with Gasteiger partial charge in [0, 0.05) is 12.4 Å². The van der Waals surface area contributed by atoms with Gasteiger partial charge in [-0.2, -0.15) is 0 Å². The first-order valence-corrected chi connectivity index (χ1v) is 5.15. The lowest BCUT2D eigenvalue weighted by Gasteiger charge is -2.25. The molecular formula is C12H11N3O. The van der Waals surface area contributed by atoms with Crippen LogP contribution >= 0.6 is 0 Å². The van der Waals surface area contributed by atoms with Crippen LogP contribution in [-0.2, 0) is 0 Å². The fraction of sp³-hybridized carbons (Fsp3) is 0.167. The van der Waals surface area contributed by atoms with Crippen LogP contribution in [0, 0.1) is 0 Å². The van der Waals surface area contributed by atoms with Crippen molar-refractivity contribution in [2.75, 3.05) is 19.0 Å². The first kappa shape index (κ1) is 9.15. The minimum Gasteiger partial charge on any atom is -0.352 e. The van der Waals surface area contributed by atoms with Gasteiger partial charge >= 0.3 is 0 Å². The number of nitrogens with zero attached hydrogens (tertiary/aromatic N) is 2. The standard InChI is InChI=1S/C12H11N3O/c1-15-7-13-11-9(12(15)16)6-8-4-2-3-5-10(8)14-11/h2-6H,7H2,1H3,(H,13,14). The van der Waals surface area contributed by atoms with Gasteiger partial charge in [-0.15, -0.1) is 0 Å². The van der Waals surface area contributed by atoms with Gasteiger partial charge in [-0.05, 0) is 12.1 Å². The van der Waals surface area contributed by atoms with Crippen molar-refractivity contribution in [3.05, 3.63) is 35.9 Å². The Labute approximate surface area is 92.9 Å². The Hall–Kier alpha value is -2.10. The molecule has 0 radical (unpaired) electrons. The molecular weight excluding hydrogens is 202 g/mol. The molecule has 1 aliphatic heterocycles. The molecule has 1 aliphatic rings. The number of hydrogen-bond donors (Lipinski definition) is 1. The predicted octanol–water partition coefficient (Wildman–Crippen LogP) is 1.69. The molecule has 1 N–H and O–H groups in total.